The highest BCUT2D eigenvalue weighted by atomic mass is 16.5. The molecule has 0 radical (unpaired) electrons. The Hall–Kier alpha value is -1.54. The van der Waals surface area contributed by atoms with Crippen LogP contribution >= 0.6 is 0 Å². The van der Waals surface area contributed by atoms with Crippen LogP contribution in [0.5, 0.6) is 5.75 Å². The molecule has 1 atom stereocenters. The fourth-order valence-corrected chi connectivity index (χ4v) is 2.47. The van der Waals surface area contributed by atoms with Gasteiger partial charge in [0.25, 0.3) is 0 Å². The van der Waals surface area contributed by atoms with E-state index < -0.39 is 0 Å². The molecule has 0 bridgehead atoms. The van der Waals surface area contributed by atoms with E-state index in [9.17, 15) is 0 Å². The number of fused-ring (bicyclic) bond motifs is 1. The van der Waals surface area contributed by atoms with Gasteiger partial charge >= 0.3 is 0 Å². The smallest absolute Gasteiger partial charge is 0.126 e. The summed E-state index contributed by atoms with van der Waals surface area (Å²) in [5.41, 5.74) is 7.57. The Morgan fingerprint density at radius 3 is 2.47 bits per heavy atom. The lowest BCUT2D eigenvalue weighted by Crippen LogP contribution is -2.12. The summed E-state index contributed by atoms with van der Waals surface area (Å²) in [4.78, 5) is 0. The minimum absolute atomic E-state index is 0.172. The summed E-state index contributed by atoms with van der Waals surface area (Å²) in [5.74, 6) is 1.60. The van der Waals surface area contributed by atoms with Crippen molar-refractivity contribution in [1.82, 2.24) is 0 Å². The van der Waals surface area contributed by atoms with Gasteiger partial charge in [-0.2, -0.15) is 0 Å². The zero-order valence-corrected chi connectivity index (χ0v) is 10.0. The lowest BCUT2D eigenvalue weighted by atomic mass is 9.96. The number of rotatable bonds is 3. The highest BCUT2D eigenvalue weighted by Gasteiger charge is 2.30. The molecule has 2 heteroatoms. The van der Waals surface area contributed by atoms with E-state index in [-0.39, 0.29) is 6.04 Å². The maximum Gasteiger partial charge on any atom is 0.126 e. The van der Waals surface area contributed by atoms with Crippen LogP contribution in [0, 0.1) is 5.92 Å². The maximum atomic E-state index is 6.32. The summed E-state index contributed by atoms with van der Waals surface area (Å²) in [7, 11) is 1.71. The molecule has 0 aromatic heterocycles. The van der Waals surface area contributed by atoms with Crippen LogP contribution in [-0.2, 0) is 0 Å². The minimum atomic E-state index is 0.172. The summed E-state index contributed by atoms with van der Waals surface area (Å²) in [6, 6.07) is 12.6. The zero-order chi connectivity index (χ0) is 11.8. The van der Waals surface area contributed by atoms with Gasteiger partial charge in [-0.3, -0.25) is 0 Å². The van der Waals surface area contributed by atoms with Crippen LogP contribution in [0.3, 0.4) is 0 Å². The fourth-order valence-electron chi connectivity index (χ4n) is 2.47. The van der Waals surface area contributed by atoms with E-state index in [1.54, 1.807) is 7.11 Å². The summed E-state index contributed by atoms with van der Waals surface area (Å²) in [5, 5.41) is 2.38. The van der Waals surface area contributed by atoms with E-state index in [0.29, 0.717) is 5.92 Å². The van der Waals surface area contributed by atoms with Gasteiger partial charge in [0.15, 0.2) is 0 Å². The van der Waals surface area contributed by atoms with Crippen LogP contribution in [0.1, 0.15) is 24.4 Å². The van der Waals surface area contributed by atoms with Gasteiger partial charge in [-0.1, -0.05) is 30.3 Å². The van der Waals surface area contributed by atoms with Crippen molar-refractivity contribution < 1.29 is 4.74 Å². The molecule has 2 nitrogen and oxygen atoms in total. The highest BCUT2D eigenvalue weighted by Crippen LogP contribution is 2.42. The van der Waals surface area contributed by atoms with Crippen molar-refractivity contribution in [3.05, 3.63) is 42.0 Å². The number of benzene rings is 2. The maximum absolute atomic E-state index is 6.32. The summed E-state index contributed by atoms with van der Waals surface area (Å²) < 4.78 is 5.40. The molecule has 1 saturated carbocycles. The second-order valence-corrected chi connectivity index (χ2v) is 4.77. The monoisotopic (exact) mass is 227 g/mol. The van der Waals surface area contributed by atoms with Gasteiger partial charge in [-0.25, -0.2) is 0 Å². The predicted molar refractivity (Wildman–Crippen MR) is 70.2 cm³/mol. The number of hydrogen-bond donors (Lipinski definition) is 1. The Bertz CT molecular complexity index is 546. The van der Waals surface area contributed by atoms with Gasteiger partial charge < -0.3 is 10.5 Å². The number of hydrogen-bond acceptors (Lipinski definition) is 2. The van der Waals surface area contributed by atoms with Crippen LogP contribution in [-0.4, -0.2) is 7.11 Å². The molecule has 2 aromatic rings. The Kier molecular flexibility index (Phi) is 2.52. The quantitative estimate of drug-likeness (QED) is 0.873. The first-order chi connectivity index (χ1) is 8.31. The second-order valence-electron chi connectivity index (χ2n) is 4.77. The first kappa shape index (κ1) is 10.6. The van der Waals surface area contributed by atoms with Gasteiger partial charge in [0.1, 0.15) is 5.75 Å². The van der Waals surface area contributed by atoms with Crippen molar-refractivity contribution in [2.75, 3.05) is 7.11 Å². The van der Waals surface area contributed by atoms with E-state index in [1.165, 1.54) is 23.8 Å². The van der Waals surface area contributed by atoms with Gasteiger partial charge in [0.2, 0.25) is 0 Å². The van der Waals surface area contributed by atoms with E-state index in [1.807, 2.05) is 12.1 Å². The second kappa shape index (κ2) is 4.04. The Balaban J connectivity index is 2.18. The zero-order valence-electron chi connectivity index (χ0n) is 10.0. The molecule has 1 fully saturated rings. The van der Waals surface area contributed by atoms with Crippen molar-refractivity contribution in [3.63, 3.8) is 0 Å². The van der Waals surface area contributed by atoms with Crippen molar-refractivity contribution in [2.45, 2.75) is 18.9 Å². The first-order valence-corrected chi connectivity index (χ1v) is 6.12. The van der Waals surface area contributed by atoms with Gasteiger partial charge in [-0.05, 0) is 35.8 Å². The predicted octanol–water partition coefficient (Wildman–Crippen LogP) is 3.26. The Labute approximate surface area is 101 Å². The van der Waals surface area contributed by atoms with Gasteiger partial charge in [0.05, 0.1) is 7.11 Å². The third-order valence-electron chi connectivity index (χ3n) is 3.63. The first-order valence-electron chi connectivity index (χ1n) is 6.12. The summed E-state index contributed by atoms with van der Waals surface area (Å²) in [6.45, 7) is 0. The van der Waals surface area contributed by atoms with Gasteiger partial charge in [0, 0.05) is 11.4 Å². The number of nitrogens with two attached hydrogens (primary N) is 1. The Morgan fingerprint density at radius 1 is 1.12 bits per heavy atom. The topological polar surface area (TPSA) is 35.2 Å². The van der Waals surface area contributed by atoms with Crippen LogP contribution in [0.2, 0.25) is 0 Å². The van der Waals surface area contributed by atoms with Crippen molar-refractivity contribution in [1.29, 1.82) is 0 Å². The molecule has 0 amide bonds. The molecular weight excluding hydrogens is 210 g/mol. The normalized spacial score (nSPS) is 17.1. The molecule has 3 rings (SSSR count). The molecule has 2 aromatic carbocycles. The third-order valence-corrected chi connectivity index (χ3v) is 3.63. The number of methoxy groups -OCH3 is 1. The standard InChI is InChI=1S/C15H17NO/c1-17-14-9-8-13(15(16)10-6-7-10)11-4-2-3-5-12(11)14/h2-5,8-10,15H,6-7,16H2,1H3/t15-/m0/s1. The molecule has 0 saturated heterocycles. The molecule has 0 spiro atoms. The van der Waals surface area contributed by atoms with E-state index in [0.717, 1.165) is 11.1 Å². The highest BCUT2D eigenvalue weighted by molar-refractivity contribution is 5.91. The largest absolute Gasteiger partial charge is 0.496 e. The van der Waals surface area contributed by atoms with Crippen LogP contribution in [0.4, 0.5) is 0 Å². The molecule has 0 aliphatic heterocycles. The average Bonchev–Trinajstić information content (AvgIpc) is 3.21. The van der Waals surface area contributed by atoms with E-state index in [2.05, 4.69) is 24.3 Å². The van der Waals surface area contributed by atoms with Crippen LogP contribution in [0.15, 0.2) is 36.4 Å². The third kappa shape index (κ3) is 1.79. The molecule has 17 heavy (non-hydrogen) atoms. The fraction of sp³-hybridized carbons (Fsp3) is 0.333. The molecule has 88 valence electrons. The van der Waals surface area contributed by atoms with Crippen molar-refractivity contribution in [2.24, 2.45) is 11.7 Å². The molecule has 0 heterocycles. The Morgan fingerprint density at radius 2 is 1.82 bits per heavy atom. The lowest BCUT2D eigenvalue weighted by Gasteiger charge is -2.15. The summed E-state index contributed by atoms with van der Waals surface area (Å²) >= 11 is 0. The minimum Gasteiger partial charge on any atom is -0.496 e. The average molecular weight is 227 g/mol. The van der Waals surface area contributed by atoms with Gasteiger partial charge in [-0.15, -0.1) is 0 Å². The van der Waals surface area contributed by atoms with Crippen LogP contribution in [0.25, 0.3) is 10.8 Å². The van der Waals surface area contributed by atoms with E-state index in [4.69, 9.17) is 10.5 Å². The lowest BCUT2D eigenvalue weighted by molar-refractivity contribution is 0.419. The van der Waals surface area contributed by atoms with E-state index >= 15 is 0 Å². The van der Waals surface area contributed by atoms with Crippen LogP contribution < -0.4 is 10.5 Å². The molecule has 0 unspecified atom stereocenters. The molecule has 2 N–H and O–H groups in total. The number of ether oxygens (including phenoxy) is 1. The van der Waals surface area contributed by atoms with Crippen molar-refractivity contribution in [3.8, 4) is 5.75 Å². The van der Waals surface area contributed by atoms with Crippen molar-refractivity contribution >= 4 is 10.8 Å². The summed E-state index contributed by atoms with van der Waals surface area (Å²) in [6.07, 6.45) is 2.53. The molecule has 1 aliphatic carbocycles. The SMILES string of the molecule is COc1ccc([C@@H](N)C2CC2)c2ccccc12. The molecule has 1 aliphatic rings. The molecular formula is C15H17NO.